The summed E-state index contributed by atoms with van der Waals surface area (Å²) >= 11 is 0. The lowest BCUT2D eigenvalue weighted by Gasteiger charge is -2.22. The van der Waals surface area contributed by atoms with Crippen molar-refractivity contribution in [3.63, 3.8) is 0 Å². The zero-order chi connectivity index (χ0) is 16.7. The zero-order valence-electron chi connectivity index (χ0n) is 14.6. The molecule has 0 saturated heterocycles. The second kappa shape index (κ2) is 11.9. The van der Waals surface area contributed by atoms with E-state index >= 15 is 0 Å². The molecule has 2 unspecified atom stereocenters. The summed E-state index contributed by atoms with van der Waals surface area (Å²) in [4.78, 5) is 16.3. The molecule has 0 aliphatic rings. The van der Waals surface area contributed by atoms with Crippen LogP contribution in [0.2, 0.25) is 0 Å². The Morgan fingerprint density at radius 2 is 1.72 bits per heavy atom. The molecule has 1 aromatic carbocycles. The lowest BCUT2D eigenvalue weighted by molar-refractivity contribution is -0.121. The minimum absolute atomic E-state index is 0. The molecule has 0 aliphatic carbocycles. The first-order chi connectivity index (χ1) is 11.1. The topological polar surface area (TPSA) is 68.0 Å². The second-order valence-electron chi connectivity index (χ2n) is 6.16. The quantitative estimate of drug-likeness (QED) is 0.762. The van der Waals surface area contributed by atoms with Gasteiger partial charge < -0.3 is 11.1 Å². The summed E-state index contributed by atoms with van der Waals surface area (Å²) in [6.45, 7) is 4.91. The van der Waals surface area contributed by atoms with Gasteiger partial charge in [-0.2, -0.15) is 0 Å². The van der Waals surface area contributed by atoms with E-state index in [1.165, 1.54) is 0 Å². The van der Waals surface area contributed by atoms with Crippen molar-refractivity contribution in [1.82, 2.24) is 10.3 Å². The number of benzene rings is 1. The molecule has 25 heavy (non-hydrogen) atoms. The number of hydrogen-bond acceptors (Lipinski definition) is 3. The number of carbonyl (C=O) groups is 1. The van der Waals surface area contributed by atoms with Crippen molar-refractivity contribution in [2.75, 3.05) is 6.54 Å². The molecule has 1 aromatic heterocycles. The van der Waals surface area contributed by atoms with E-state index in [0.29, 0.717) is 18.9 Å². The van der Waals surface area contributed by atoms with E-state index in [-0.39, 0.29) is 42.7 Å². The van der Waals surface area contributed by atoms with Crippen LogP contribution in [0.1, 0.15) is 43.4 Å². The standard InChI is InChI=1S/C19H25N3O.2ClH/c1-14(2)17(16-9-6-10-21-12-16)13-22-19(23)11-18(20)15-7-4-3-5-8-15;;/h3-10,12,14,17-18H,11,13,20H2,1-2H3,(H,22,23);2*1H. The number of nitrogens with zero attached hydrogens (tertiary/aromatic N) is 1. The molecule has 2 rings (SSSR count). The third-order valence-corrected chi connectivity index (χ3v) is 4.07. The van der Waals surface area contributed by atoms with Gasteiger partial charge in [0.2, 0.25) is 5.91 Å². The van der Waals surface area contributed by atoms with E-state index in [1.54, 1.807) is 6.20 Å². The third kappa shape index (κ3) is 7.43. The van der Waals surface area contributed by atoms with Gasteiger partial charge in [0, 0.05) is 37.3 Å². The molecule has 1 amide bonds. The molecular weight excluding hydrogens is 357 g/mol. The van der Waals surface area contributed by atoms with E-state index in [9.17, 15) is 4.79 Å². The highest BCUT2D eigenvalue weighted by Crippen LogP contribution is 2.23. The molecule has 2 aromatic rings. The van der Waals surface area contributed by atoms with Gasteiger partial charge in [-0.3, -0.25) is 9.78 Å². The van der Waals surface area contributed by atoms with Crippen LogP contribution in [0.25, 0.3) is 0 Å². The Labute approximate surface area is 162 Å². The largest absolute Gasteiger partial charge is 0.355 e. The minimum Gasteiger partial charge on any atom is -0.355 e. The van der Waals surface area contributed by atoms with Crippen LogP contribution in [-0.4, -0.2) is 17.4 Å². The summed E-state index contributed by atoms with van der Waals surface area (Å²) in [5.41, 5.74) is 8.23. The number of amides is 1. The van der Waals surface area contributed by atoms with Gasteiger partial charge in [0.15, 0.2) is 0 Å². The van der Waals surface area contributed by atoms with Crippen molar-refractivity contribution >= 4 is 30.7 Å². The maximum absolute atomic E-state index is 12.2. The number of hydrogen-bond donors (Lipinski definition) is 2. The monoisotopic (exact) mass is 383 g/mol. The fourth-order valence-corrected chi connectivity index (χ4v) is 2.65. The first kappa shape index (κ1) is 23.4. The van der Waals surface area contributed by atoms with Gasteiger partial charge >= 0.3 is 0 Å². The number of nitrogens with two attached hydrogens (primary N) is 1. The van der Waals surface area contributed by atoms with Crippen molar-refractivity contribution in [2.24, 2.45) is 11.7 Å². The Balaban J connectivity index is 0.00000288. The van der Waals surface area contributed by atoms with Crippen LogP contribution in [0.5, 0.6) is 0 Å². The Kier molecular flexibility index (Phi) is 11.1. The van der Waals surface area contributed by atoms with Crippen molar-refractivity contribution in [3.05, 3.63) is 66.0 Å². The highest BCUT2D eigenvalue weighted by atomic mass is 35.5. The highest BCUT2D eigenvalue weighted by Gasteiger charge is 2.18. The highest BCUT2D eigenvalue weighted by molar-refractivity contribution is 5.85. The second-order valence-corrected chi connectivity index (χ2v) is 6.16. The van der Waals surface area contributed by atoms with Crippen LogP contribution in [-0.2, 0) is 4.79 Å². The number of pyridine rings is 1. The van der Waals surface area contributed by atoms with Crippen LogP contribution in [0.4, 0.5) is 0 Å². The fraction of sp³-hybridized carbons (Fsp3) is 0.368. The summed E-state index contributed by atoms with van der Waals surface area (Å²) in [7, 11) is 0. The molecule has 2 atom stereocenters. The van der Waals surface area contributed by atoms with Crippen molar-refractivity contribution < 1.29 is 4.79 Å². The van der Waals surface area contributed by atoms with E-state index in [4.69, 9.17) is 5.73 Å². The van der Waals surface area contributed by atoms with Gasteiger partial charge in [-0.25, -0.2) is 0 Å². The first-order valence-electron chi connectivity index (χ1n) is 8.05. The number of rotatable bonds is 7. The average molecular weight is 384 g/mol. The molecule has 0 saturated carbocycles. The lowest BCUT2D eigenvalue weighted by atomic mass is 9.89. The van der Waals surface area contributed by atoms with E-state index in [1.807, 2.05) is 42.6 Å². The van der Waals surface area contributed by atoms with Gasteiger partial charge in [0.25, 0.3) is 0 Å². The molecule has 6 heteroatoms. The molecule has 0 aliphatic heterocycles. The zero-order valence-corrected chi connectivity index (χ0v) is 16.2. The molecule has 3 N–H and O–H groups in total. The van der Waals surface area contributed by atoms with E-state index in [0.717, 1.165) is 11.1 Å². The molecule has 0 fully saturated rings. The van der Waals surface area contributed by atoms with Gasteiger partial charge in [-0.15, -0.1) is 24.8 Å². The molecule has 1 heterocycles. The maximum Gasteiger partial charge on any atom is 0.221 e. The molecular formula is C19H27Cl2N3O. The summed E-state index contributed by atoms with van der Waals surface area (Å²) in [6, 6.07) is 13.4. The first-order valence-corrected chi connectivity index (χ1v) is 8.05. The third-order valence-electron chi connectivity index (χ3n) is 4.07. The number of carbonyl (C=O) groups excluding carboxylic acids is 1. The summed E-state index contributed by atoms with van der Waals surface area (Å²) < 4.78 is 0. The minimum atomic E-state index is -0.271. The van der Waals surface area contributed by atoms with Crippen molar-refractivity contribution in [3.8, 4) is 0 Å². The van der Waals surface area contributed by atoms with Crippen LogP contribution in [0, 0.1) is 5.92 Å². The molecule has 0 bridgehead atoms. The summed E-state index contributed by atoms with van der Waals surface area (Å²) in [6.07, 6.45) is 3.92. The predicted octanol–water partition coefficient (Wildman–Crippen LogP) is 3.87. The predicted molar refractivity (Wildman–Crippen MR) is 107 cm³/mol. The summed E-state index contributed by atoms with van der Waals surface area (Å²) in [5, 5.41) is 3.02. The average Bonchev–Trinajstić information content (AvgIpc) is 2.56. The van der Waals surface area contributed by atoms with Crippen LogP contribution < -0.4 is 11.1 Å². The van der Waals surface area contributed by atoms with Crippen molar-refractivity contribution in [1.29, 1.82) is 0 Å². The smallest absolute Gasteiger partial charge is 0.221 e. The maximum atomic E-state index is 12.2. The van der Waals surface area contributed by atoms with Gasteiger partial charge in [-0.1, -0.05) is 50.2 Å². The molecule has 0 spiro atoms. The van der Waals surface area contributed by atoms with Gasteiger partial charge in [-0.05, 0) is 23.1 Å². The number of aromatic nitrogens is 1. The Morgan fingerprint density at radius 3 is 2.28 bits per heavy atom. The number of nitrogens with one attached hydrogen (secondary N) is 1. The molecule has 138 valence electrons. The van der Waals surface area contributed by atoms with Crippen LogP contribution in [0.15, 0.2) is 54.9 Å². The molecule has 0 radical (unpaired) electrons. The van der Waals surface area contributed by atoms with E-state index < -0.39 is 0 Å². The van der Waals surface area contributed by atoms with Gasteiger partial charge in [0.1, 0.15) is 0 Å². The number of halogens is 2. The van der Waals surface area contributed by atoms with Crippen molar-refractivity contribution in [2.45, 2.75) is 32.2 Å². The van der Waals surface area contributed by atoms with Gasteiger partial charge in [0.05, 0.1) is 0 Å². The van der Waals surface area contributed by atoms with E-state index in [2.05, 4.69) is 30.2 Å². The fourth-order valence-electron chi connectivity index (χ4n) is 2.65. The molecule has 4 nitrogen and oxygen atoms in total. The van der Waals surface area contributed by atoms with Crippen LogP contribution in [0.3, 0.4) is 0 Å². The van der Waals surface area contributed by atoms with Crippen LogP contribution >= 0.6 is 24.8 Å². The normalized spacial score (nSPS) is 12.5. The Hall–Kier alpha value is -1.62. The Morgan fingerprint density at radius 1 is 1.08 bits per heavy atom. The lowest BCUT2D eigenvalue weighted by Crippen LogP contribution is -2.32. The SMILES string of the molecule is CC(C)C(CNC(=O)CC(N)c1ccccc1)c1cccnc1.Cl.Cl. The summed E-state index contributed by atoms with van der Waals surface area (Å²) in [5.74, 6) is 0.652. The Bertz CT molecular complexity index is 609.